The van der Waals surface area contributed by atoms with E-state index in [1.165, 1.54) is 16.7 Å². The van der Waals surface area contributed by atoms with Crippen LogP contribution in [-0.2, 0) is 6.42 Å². The molecule has 2 aromatic rings. The number of nitrogens with zero attached hydrogens (tertiary/aromatic N) is 1. The highest BCUT2D eigenvalue weighted by Gasteiger charge is 2.44. The summed E-state index contributed by atoms with van der Waals surface area (Å²) in [5.41, 5.74) is 6.16. The summed E-state index contributed by atoms with van der Waals surface area (Å²) in [6.45, 7) is 1.96. The first-order chi connectivity index (χ1) is 9.18. The molecule has 0 saturated carbocycles. The molecule has 96 valence electrons. The second kappa shape index (κ2) is 3.53. The molecule has 0 aromatic heterocycles. The van der Waals surface area contributed by atoms with Crippen LogP contribution in [0.15, 0.2) is 36.4 Å². The molecule has 2 aliphatic rings. The van der Waals surface area contributed by atoms with Crippen molar-refractivity contribution in [2.45, 2.75) is 25.3 Å². The minimum Gasteiger partial charge on any atom is -0.505 e. The number of anilines is 1. The highest BCUT2D eigenvalue weighted by molar-refractivity contribution is 5.73. The Hall–Kier alpha value is -1.96. The van der Waals surface area contributed by atoms with E-state index in [2.05, 4.69) is 42.3 Å². The average Bonchev–Trinajstić information content (AvgIpc) is 2.91. The maximum atomic E-state index is 10.4. The lowest BCUT2D eigenvalue weighted by atomic mass is 9.95. The first-order valence-electron chi connectivity index (χ1n) is 6.81. The number of rotatable bonds is 0. The molecule has 1 N–H and O–H groups in total. The summed E-state index contributed by atoms with van der Waals surface area (Å²) in [5.74, 6) is 0.941. The van der Waals surface area contributed by atoms with Crippen molar-refractivity contribution in [2.75, 3.05) is 11.9 Å². The summed E-state index contributed by atoms with van der Waals surface area (Å²) in [7, 11) is 2.10. The van der Waals surface area contributed by atoms with Gasteiger partial charge in [0.15, 0.2) is 0 Å². The van der Waals surface area contributed by atoms with E-state index in [4.69, 9.17) is 0 Å². The number of aromatic hydroxyl groups is 1. The van der Waals surface area contributed by atoms with Crippen molar-refractivity contribution in [3.05, 3.63) is 58.7 Å². The van der Waals surface area contributed by atoms with Crippen LogP contribution in [0.5, 0.6) is 5.75 Å². The SMILES string of the molecule is Cc1ccc2c(c1O)N(C)[C@@H]1c3ccccc3C[C@H]21. The van der Waals surface area contributed by atoms with Crippen molar-refractivity contribution in [3.8, 4) is 5.75 Å². The molecule has 0 spiro atoms. The van der Waals surface area contributed by atoms with Crippen LogP contribution in [0.1, 0.15) is 34.2 Å². The molecular weight excluding hydrogens is 234 g/mol. The first kappa shape index (κ1) is 10.9. The molecule has 0 unspecified atom stereocenters. The zero-order valence-corrected chi connectivity index (χ0v) is 11.2. The maximum absolute atomic E-state index is 10.4. The van der Waals surface area contributed by atoms with E-state index in [0.717, 1.165) is 17.7 Å². The largest absolute Gasteiger partial charge is 0.505 e. The van der Waals surface area contributed by atoms with Gasteiger partial charge in [-0.3, -0.25) is 0 Å². The Morgan fingerprint density at radius 1 is 1.11 bits per heavy atom. The fourth-order valence-corrected chi connectivity index (χ4v) is 3.84. The topological polar surface area (TPSA) is 23.5 Å². The lowest BCUT2D eigenvalue weighted by molar-refractivity contribution is 0.471. The van der Waals surface area contributed by atoms with E-state index in [1.54, 1.807) is 0 Å². The van der Waals surface area contributed by atoms with Crippen LogP contribution in [0.2, 0.25) is 0 Å². The third kappa shape index (κ3) is 1.26. The zero-order chi connectivity index (χ0) is 13.1. The standard InChI is InChI=1S/C17H17NO/c1-10-7-8-13-14-9-11-5-3-4-6-12(11)15(14)18(2)16(13)17(10)19/h3-8,14-15,19H,9H2,1-2H3/t14-,15-/m1/s1. The Morgan fingerprint density at radius 2 is 1.89 bits per heavy atom. The second-order valence-electron chi connectivity index (χ2n) is 5.73. The van der Waals surface area contributed by atoms with Crippen molar-refractivity contribution < 1.29 is 5.11 Å². The number of phenolic OH excluding ortho intramolecular Hbond substituents is 1. The Kier molecular flexibility index (Phi) is 2.03. The molecule has 0 fully saturated rings. The fraction of sp³-hybridized carbons (Fsp3) is 0.294. The molecule has 1 aliphatic heterocycles. The number of hydrogen-bond donors (Lipinski definition) is 1. The van der Waals surface area contributed by atoms with Crippen LogP contribution in [-0.4, -0.2) is 12.2 Å². The highest BCUT2D eigenvalue weighted by atomic mass is 16.3. The normalized spacial score (nSPS) is 23.2. The number of hydrogen-bond acceptors (Lipinski definition) is 2. The van der Waals surface area contributed by atoms with E-state index in [-0.39, 0.29) is 0 Å². The molecule has 0 saturated heterocycles. The van der Waals surface area contributed by atoms with Crippen molar-refractivity contribution in [1.82, 2.24) is 0 Å². The van der Waals surface area contributed by atoms with E-state index in [0.29, 0.717) is 17.7 Å². The molecule has 2 aromatic carbocycles. The number of fused-ring (bicyclic) bond motifs is 5. The van der Waals surface area contributed by atoms with Gasteiger partial charge in [-0.25, -0.2) is 0 Å². The average molecular weight is 251 g/mol. The van der Waals surface area contributed by atoms with E-state index >= 15 is 0 Å². The molecule has 0 amide bonds. The lowest BCUT2D eigenvalue weighted by Gasteiger charge is -2.23. The minimum atomic E-state index is 0.388. The van der Waals surface area contributed by atoms with Gasteiger partial charge in [-0.05, 0) is 35.6 Å². The Bertz CT molecular complexity index is 677. The summed E-state index contributed by atoms with van der Waals surface area (Å²) in [6.07, 6.45) is 1.08. The van der Waals surface area contributed by atoms with Gasteiger partial charge in [-0.2, -0.15) is 0 Å². The summed E-state index contributed by atoms with van der Waals surface area (Å²) < 4.78 is 0. The Morgan fingerprint density at radius 3 is 2.74 bits per heavy atom. The van der Waals surface area contributed by atoms with Gasteiger partial charge in [0.2, 0.25) is 0 Å². The van der Waals surface area contributed by atoms with E-state index in [9.17, 15) is 5.11 Å². The summed E-state index contributed by atoms with van der Waals surface area (Å²) in [4.78, 5) is 2.26. The Labute approximate surface area is 113 Å². The van der Waals surface area contributed by atoms with Crippen LogP contribution >= 0.6 is 0 Å². The van der Waals surface area contributed by atoms with Crippen molar-refractivity contribution in [3.63, 3.8) is 0 Å². The van der Waals surface area contributed by atoms with Crippen LogP contribution in [0.3, 0.4) is 0 Å². The quantitative estimate of drug-likeness (QED) is 0.774. The van der Waals surface area contributed by atoms with E-state index in [1.807, 2.05) is 13.0 Å². The molecule has 2 nitrogen and oxygen atoms in total. The van der Waals surface area contributed by atoms with Crippen LogP contribution in [0.4, 0.5) is 5.69 Å². The lowest BCUT2D eigenvalue weighted by Crippen LogP contribution is -2.19. The van der Waals surface area contributed by atoms with E-state index < -0.39 is 0 Å². The molecular formula is C17H17NO. The van der Waals surface area contributed by atoms with Crippen molar-refractivity contribution in [2.24, 2.45) is 0 Å². The predicted molar refractivity (Wildman–Crippen MR) is 76.9 cm³/mol. The van der Waals surface area contributed by atoms with Crippen LogP contribution < -0.4 is 4.90 Å². The molecule has 1 aliphatic carbocycles. The summed E-state index contributed by atoms with van der Waals surface area (Å²) in [5, 5.41) is 10.4. The molecule has 2 heteroatoms. The van der Waals surface area contributed by atoms with Crippen molar-refractivity contribution in [1.29, 1.82) is 0 Å². The fourth-order valence-electron chi connectivity index (χ4n) is 3.84. The molecule has 0 radical (unpaired) electrons. The van der Waals surface area contributed by atoms with Gasteiger partial charge in [0.25, 0.3) is 0 Å². The first-order valence-corrected chi connectivity index (χ1v) is 6.81. The number of aryl methyl sites for hydroxylation is 1. The zero-order valence-electron chi connectivity index (χ0n) is 11.2. The number of likely N-dealkylation sites (N-methyl/N-ethyl adjacent to an activating group) is 1. The second-order valence-corrected chi connectivity index (χ2v) is 5.73. The molecule has 2 atom stereocenters. The minimum absolute atomic E-state index is 0.388. The summed E-state index contributed by atoms with van der Waals surface area (Å²) in [6, 6.07) is 13.3. The predicted octanol–water partition coefficient (Wildman–Crippen LogP) is 3.53. The third-order valence-electron chi connectivity index (χ3n) is 4.75. The highest BCUT2D eigenvalue weighted by Crippen LogP contribution is 2.57. The van der Waals surface area contributed by atoms with Gasteiger partial charge in [0.05, 0.1) is 11.7 Å². The van der Waals surface area contributed by atoms with Crippen molar-refractivity contribution >= 4 is 5.69 Å². The monoisotopic (exact) mass is 251 g/mol. The molecule has 19 heavy (non-hydrogen) atoms. The number of phenols is 1. The maximum Gasteiger partial charge on any atom is 0.142 e. The smallest absolute Gasteiger partial charge is 0.142 e. The van der Waals surface area contributed by atoms with Gasteiger partial charge >= 0.3 is 0 Å². The molecule has 1 heterocycles. The van der Waals surface area contributed by atoms with Crippen LogP contribution in [0.25, 0.3) is 0 Å². The number of benzene rings is 2. The molecule has 0 bridgehead atoms. The third-order valence-corrected chi connectivity index (χ3v) is 4.75. The van der Waals surface area contributed by atoms with Gasteiger partial charge in [-0.1, -0.05) is 36.4 Å². The van der Waals surface area contributed by atoms with Crippen LogP contribution in [0, 0.1) is 6.92 Å². The van der Waals surface area contributed by atoms with Gasteiger partial charge in [-0.15, -0.1) is 0 Å². The molecule has 4 rings (SSSR count). The summed E-state index contributed by atoms with van der Waals surface area (Å²) >= 11 is 0. The van der Waals surface area contributed by atoms with Gasteiger partial charge in [0, 0.05) is 13.0 Å². The Balaban J connectivity index is 1.92. The van der Waals surface area contributed by atoms with Gasteiger partial charge in [0.1, 0.15) is 5.75 Å². The van der Waals surface area contributed by atoms with Gasteiger partial charge < -0.3 is 10.0 Å².